The molecule has 3 rings (SSSR count). The molecule has 0 aliphatic carbocycles. The topological polar surface area (TPSA) is 60.7 Å². The monoisotopic (exact) mass is 415 g/mol. The third-order valence-electron chi connectivity index (χ3n) is 5.39. The maximum atomic E-state index is 5.43. The van der Waals surface area contributed by atoms with Gasteiger partial charge in [0.2, 0.25) is 0 Å². The number of hydrogen-bond acceptors (Lipinski definition) is 6. The van der Waals surface area contributed by atoms with Crippen molar-refractivity contribution in [2.45, 2.75) is 40.8 Å². The number of hydrogen-bond donors (Lipinski definition) is 2. The molecular weight excluding hydrogens is 384 g/mol. The number of thiophene rings is 1. The number of benzene rings is 1. The van der Waals surface area contributed by atoms with Crippen LogP contribution in [0, 0.1) is 13.8 Å². The molecule has 0 saturated heterocycles. The number of aryl methyl sites for hydroxylation is 2. The predicted molar refractivity (Wildman–Crippen MR) is 120 cm³/mol. The summed E-state index contributed by atoms with van der Waals surface area (Å²) < 4.78 is 10.8. The summed E-state index contributed by atoms with van der Waals surface area (Å²) in [6.07, 6.45) is 0. The summed E-state index contributed by atoms with van der Waals surface area (Å²) in [6.45, 7) is 12.3. The first-order chi connectivity index (χ1) is 14.0. The van der Waals surface area contributed by atoms with Gasteiger partial charge in [0, 0.05) is 11.4 Å². The molecule has 0 fully saturated rings. The highest BCUT2D eigenvalue weighted by Crippen LogP contribution is 2.34. The fraction of sp³-hybridized carbons (Fsp3) is 0.455. The van der Waals surface area contributed by atoms with E-state index in [1.165, 1.54) is 15.3 Å². The summed E-state index contributed by atoms with van der Waals surface area (Å²) in [5, 5.41) is 4.68. The average molecular weight is 416 g/mol. The SMILES string of the molecule is CC[NH+](CC)Cc1nc(NCc2ccc(OC)c(OC)c2)c2c(C)c(C)sc2n1. The van der Waals surface area contributed by atoms with Gasteiger partial charge in [-0.3, -0.25) is 0 Å². The lowest BCUT2D eigenvalue weighted by atomic mass is 10.2. The van der Waals surface area contributed by atoms with Gasteiger partial charge in [-0.25, -0.2) is 9.97 Å². The third kappa shape index (κ3) is 4.62. The number of ether oxygens (including phenoxy) is 2. The summed E-state index contributed by atoms with van der Waals surface area (Å²) in [4.78, 5) is 13.6. The molecule has 156 valence electrons. The maximum absolute atomic E-state index is 5.43. The van der Waals surface area contributed by atoms with Crippen LogP contribution < -0.4 is 19.7 Å². The van der Waals surface area contributed by atoms with Crippen LogP contribution in [0.25, 0.3) is 10.2 Å². The highest BCUT2D eigenvalue weighted by molar-refractivity contribution is 7.18. The van der Waals surface area contributed by atoms with Crippen molar-refractivity contribution in [1.82, 2.24) is 9.97 Å². The molecule has 3 aromatic rings. The van der Waals surface area contributed by atoms with E-state index in [0.29, 0.717) is 6.54 Å². The van der Waals surface area contributed by atoms with E-state index in [-0.39, 0.29) is 0 Å². The number of anilines is 1. The molecule has 0 unspecified atom stereocenters. The average Bonchev–Trinajstić information content (AvgIpc) is 3.03. The van der Waals surface area contributed by atoms with E-state index < -0.39 is 0 Å². The van der Waals surface area contributed by atoms with E-state index in [1.54, 1.807) is 25.6 Å². The van der Waals surface area contributed by atoms with Crippen molar-refractivity contribution in [2.24, 2.45) is 0 Å². The second-order valence-electron chi connectivity index (χ2n) is 7.13. The quantitative estimate of drug-likeness (QED) is 0.561. The molecule has 6 nitrogen and oxygen atoms in total. The zero-order valence-electron chi connectivity index (χ0n) is 18.2. The van der Waals surface area contributed by atoms with Gasteiger partial charge >= 0.3 is 0 Å². The van der Waals surface area contributed by atoms with Gasteiger partial charge in [-0.15, -0.1) is 11.3 Å². The van der Waals surface area contributed by atoms with Crippen molar-refractivity contribution in [3.05, 3.63) is 40.0 Å². The molecule has 2 aromatic heterocycles. The molecule has 0 spiro atoms. The van der Waals surface area contributed by atoms with Gasteiger partial charge in [0.25, 0.3) is 0 Å². The molecule has 2 heterocycles. The minimum absolute atomic E-state index is 0.651. The van der Waals surface area contributed by atoms with Gasteiger partial charge in [0.1, 0.15) is 17.2 Å². The molecule has 0 aliphatic rings. The van der Waals surface area contributed by atoms with Crippen molar-refractivity contribution >= 4 is 27.4 Å². The number of nitrogens with one attached hydrogen (secondary N) is 2. The van der Waals surface area contributed by atoms with Gasteiger partial charge in [-0.1, -0.05) is 6.07 Å². The number of rotatable bonds is 9. The van der Waals surface area contributed by atoms with Crippen molar-refractivity contribution in [2.75, 3.05) is 32.6 Å². The minimum atomic E-state index is 0.651. The fourth-order valence-corrected chi connectivity index (χ4v) is 4.45. The predicted octanol–water partition coefficient (Wildman–Crippen LogP) is 3.36. The Labute approximate surface area is 176 Å². The second kappa shape index (κ2) is 9.41. The standard InChI is InChI=1S/C22H30N4O2S/c1-7-26(8-2)13-19-24-21(20-14(3)15(4)29-22(20)25-19)23-12-16-9-10-17(27-5)18(11-16)28-6/h9-11H,7-8,12-13H2,1-6H3,(H,23,24,25)/p+1. The Morgan fingerprint density at radius 2 is 1.76 bits per heavy atom. The van der Waals surface area contributed by atoms with Crippen LogP contribution in [0.15, 0.2) is 18.2 Å². The molecule has 0 radical (unpaired) electrons. The Morgan fingerprint density at radius 1 is 1.03 bits per heavy atom. The number of fused-ring (bicyclic) bond motifs is 1. The van der Waals surface area contributed by atoms with Crippen LogP contribution in [0.5, 0.6) is 11.5 Å². The Morgan fingerprint density at radius 3 is 2.41 bits per heavy atom. The highest BCUT2D eigenvalue weighted by atomic mass is 32.1. The molecule has 0 atom stereocenters. The van der Waals surface area contributed by atoms with Crippen molar-refractivity contribution < 1.29 is 14.4 Å². The maximum Gasteiger partial charge on any atom is 0.187 e. The molecule has 29 heavy (non-hydrogen) atoms. The summed E-state index contributed by atoms with van der Waals surface area (Å²) in [7, 11) is 3.30. The first-order valence-electron chi connectivity index (χ1n) is 10.1. The summed E-state index contributed by atoms with van der Waals surface area (Å²) >= 11 is 1.75. The van der Waals surface area contributed by atoms with E-state index >= 15 is 0 Å². The highest BCUT2D eigenvalue weighted by Gasteiger charge is 2.17. The molecule has 0 saturated carbocycles. The third-order valence-corrected chi connectivity index (χ3v) is 6.49. The van der Waals surface area contributed by atoms with Gasteiger partial charge in [0.15, 0.2) is 17.3 Å². The Bertz CT molecular complexity index is 983. The van der Waals surface area contributed by atoms with E-state index in [2.05, 4.69) is 33.0 Å². The lowest BCUT2D eigenvalue weighted by molar-refractivity contribution is -0.910. The summed E-state index contributed by atoms with van der Waals surface area (Å²) in [5.41, 5.74) is 2.36. The van der Waals surface area contributed by atoms with Crippen LogP contribution in [0.2, 0.25) is 0 Å². The van der Waals surface area contributed by atoms with Gasteiger partial charge in [-0.2, -0.15) is 0 Å². The number of methoxy groups -OCH3 is 2. The Kier molecular flexibility index (Phi) is 6.92. The van der Waals surface area contributed by atoms with Crippen LogP contribution in [-0.2, 0) is 13.1 Å². The van der Waals surface area contributed by atoms with Crippen molar-refractivity contribution in [3.63, 3.8) is 0 Å². The van der Waals surface area contributed by atoms with E-state index in [1.807, 2.05) is 18.2 Å². The largest absolute Gasteiger partial charge is 0.493 e. The van der Waals surface area contributed by atoms with Gasteiger partial charge in [0.05, 0.1) is 32.7 Å². The zero-order valence-corrected chi connectivity index (χ0v) is 19.0. The molecule has 2 N–H and O–H groups in total. The van der Waals surface area contributed by atoms with E-state index in [0.717, 1.165) is 58.6 Å². The van der Waals surface area contributed by atoms with Crippen LogP contribution in [0.3, 0.4) is 0 Å². The van der Waals surface area contributed by atoms with Gasteiger partial charge in [-0.05, 0) is 51.0 Å². The molecule has 0 bridgehead atoms. The molecule has 0 amide bonds. The minimum Gasteiger partial charge on any atom is -0.493 e. The molecule has 1 aromatic carbocycles. The van der Waals surface area contributed by atoms with Crippen molar-refractivity contribution in [3.8, 4) is 11.5 Å². The summed E-state index contributed by atoms with van der Waals surface area (Å²) in [6, 6.07) is 5.97. The van der Waals surface area contributed by atoms with Crippen molar-refractivity contribution in [1.29, 1.82) is 0 Å². The normalized spacial score (nSPS) is 11.3. The number of nitrogens with zero attached hydrogens (tertiary/aromatic N) is 2. The van der Waals surface area contributed by atoms with Crippen LogP contribution in [0.4, 0.5) is 5.82 Å². The van der Waals surface area contributed by atoms with Crippen LogP contribution >= 0.6 is 11.3 Å². The lowest BCUT2D eigenvalue weighted by Crippen LogP contribution is -3.10. The Balaban J connectivity index is 1.92. The lowest BCUT2D eigenvalue weighted by Gasteiger charge is -2.16. The number of aromatic nitrogens is 2. The van der Waals surface area contributed by atoms with Gasteiger partial charge < -0.3 is 19.7 Å². The Hall–Kier alpha value is -2.38. The fourth-order valence-electron chi connectivity index (χ4n) is 3.40. The van der Waals surface area contributed by atoms with E-state index in [9.17, 15) is 0 Å². The van der Waals surface area contributed by atoms with Crippen LogP contribution in [0.1, 0.15) is 35.7 Å². The second-order valence-corrected chi connectivity index (χ2v) is 8.33. The molecule has 7 heteroatoms. The van der Waals surface area contributed by atoms with Crippen LogP contribution in [-0.4, -0.2) is 37.3 Å². The first-order valence-corrected chi connectivity index (χ1v) is 10.9. The van der Waals surface area contributed by atoms with E-state index in [4.69, 9.17) is 19.4 Å². The smallest absolute Gasteiger partial charge is 0.187 e. The molecule has 0 aliphatic heterocycles. The molecular formula is C22H31N4O2S+. The summed E-state index contributed by atoms with van der Waals surface area (Å²) in [5.74, 6) is 3.27. The first kappa shape index (κ1) is 21.3. The number of quaternary nitrogens is 1. The zero-order chi connectivity index (χ0) is 21.0.